The van der Waals surface area contributed by atoms with Crippen LogP contribution in [0.1, 0.15) is 41.0 Å². The molecule has 0 spiro atoms. The lowest BCUT2D eigenvalue weighted by molar-refractivity contribution is 0.374. The number of rotatable bonds is 3. The largest absolute Gasteiger partial charge is 0.382 e. The molecule has 2 aromatic carbocycles. The zero-order chi connectivity index (χ0) is 15.0. The molecule has 0 aromatic heterocycles. The molecule has 1 fully saturated rings. The highest BCUT2D eigenvalue weighted by Gasteiger charge is 2.30. The molecule has 1 aliphatic rings. The Kier molecular flexibility index (Phi) is 4.08. The van der Waals surface area contributed by atoms with Gasteiger partial charge < -0.3 is 5.32 Å². The van der Waals surface area contributed by atoms with E-state index in [4.69, 9.17) is 0 Å². The van der Waals surface area contributed by atoms with Gasteiger partial charge in [0, 0.05) is 16.2 Å². The lowest BCUT2D eigenvalue weighted by Gasteiger charge is -2.37. The van der Waals surface area contributed by atoms with E-state index in [1.165, 1.54) is 45.3 Å². The van der Waals surface area contributed by atoms with Crippen molar-refractivity contribution >= 4 is 21.6 Å². The lowest BCUT2D eigenvalue weighted by atomic mass is 9.75. The first-order valence-electron chi connectivity index (χ1n) is 7.63. The van der Waals surface area contributed by atoms with Crippen LogP contribution in [0.25, 0.3) is 0 Å². The minimum absolute atomic E-state index is 0.607. The standard InChI is InChI=1S/C19H22BrN/c1-12-5-4-6-15(7-12)16-10-18(11-16)21-17-8-13(2)19(20)14(3)9-17/h4-9,16,18,21H,10-11H2,1-3H3. The number of aryl methyl sites for hydroxylation is 3. The second-order valence-corrected chi connectivity index (χ2v) is 7.14. The van der Waals surface area contributed by atoms with Gasteiger partial charge in [-0.15, -0.1) is 0 Å². The zero-order valence-electron chi connectivity index (χ0n) is 12.9. The van der Waals surface area contributed by atoms with Crippen molar-refractivity contribution in [3.8, 4) is 0 Å². The van der Waals surface area contributed by atoms with E-state index in [-0.39, 0.29) is 0 Å². The van der Waals surface area contributed by atoms with E-state index in [9.17, 15) is 0 Å². The summed E-state index contributed by atoms with van der Waals surface area (Å²) >= 11 is 3.63. The number of hydrogen-bond donors (Lipinski definition) is 1. The van der Waals surface area contributed by atoms with Gasteiger partial charge in [-0.3, -0.25) is 0 Å². The van der Waals surface area contributed by atoms with Gasteiger partial charge in [0.25, 0.3) is 0 Å². The van der Waals surface area contributed by atoms with Gasteiger partial charge in [-0.05, 0) is 68.4 Å². The van der Waals surface area contributed by atoms with Crippen LogP contribution in [-0.2, 0) is 0 Å². The van der Waals surface area contributed by atoms with E-state index in [0.717, 1.165) is 5.92 Å². The highest BCUT2D eigenvalue weighted by atomic mass is 79.9. The molecule has 2 heteroatoms. The molecule has 0 saturated heterocycles. The average Bonchev–Trinajstić information content (AvgIpc) is 2.39. The lowest BCUT2D eigenvalue weighted by Crippen LogP contribution is -2.34. The summed E-state index contributed by atoms with van der Waals surface area (Å²) in [5, 5.41) is 3.68. The molecule has 0 aliphatic heterocycles. The molecule has 0 amide bonds. The molecular weight excluding hydrogens is 322 g/mol. The maximum atomic E-state index is 3.68. The predicted octanol–water partition coefficient (Wildman–Crippen LogP) is 5.73. The average molecular weight is 344 g/mol. The van der Waals surface area contributed by atoms with Crippen molar-refractivity contribution in [1.29, 1.82) is 0 Å². The Morgan fingerprint density at radius 2 is 1.67 bits per heavy atom. The molecule has 21 heavy (non-hydrogen) atoms. The first kappa shape index (κ1) is 14.6. The molecule has 110 valence electrons. The normalized spacial score (nSPS) is 21.0. The number of nitrogens with one attached hydrogen (secondary N) is 1. The van der Waals surface area contributed by atoms with Crippen molar-refractivity contribution in [2.75, 3.05) is 5.32 Å². The first-order valence-corrected chi connectivity index (χ1v) is 8.42. The van der Waals surface area contributed by atoms with Gasteiger partial charge in [0.1, 0.15) is 0 Å². The second-order valence-electron chi connectivity index (χ2n) is 6.35. The number of hydrogen-bond acceptors (Lipinski definition) is 1. The van der Waals surface area contributed by atoms with Crippen LogP contribution in [-0.4, -0.2) is 6.04 Å². The maximum absolute atomic E-state index is 3.68. The molecule has 3 rings (SSSR count). The first-order chi connectivity index (χ1) is 10.0. The van der Waals surface area contributed by atoms with Crippen LogP contribution >= 0.6 is 15.9 Å². The fraction of sp³-hybridized carbons (Fsp3) is 0.368. The fourth-order valence-electron chi connectivity index (χ4n) is 3.20. The Balaban J connectivity index is 1.62. The van der Waals surface area contributed by atoms with Crippen LogP contribution in [0.2, 0.25) is 0 Å². The number of anilines is 1. The Labute approximate surface area is 135 Å². The van der Waals surface area contributed by atoms with Gasteiger partial charge in [0.15, 0.2) is 0 Å². The summed E-state index contributed by atoms with van der Waals surface area (Å²) in [6, 6.07) is 14.0. The van der Waals surface area contributed by atoms with Gasteiger partial charge in [-0.2, -0.15) is 0 Å². The predicted molar refractivity (Wildman–Crippen MR) is 94.2 cm³/mol. The Bertz CT molecular complexity index is 633. The molecule has 1 saturated carbocycles. The monoisotopic (exact) mass is 343 g/mol. The van der Waals surface area contributed by atoms with E-state index in [2.05, 4.69) is 78.4 Å². The summed E-state index contributed by atoms with van der Waals surface area (Å²) in [4.78, 5) is 0. The van der Waals surface area contributed by atoms with Crippen LogP contribution in [0.5, 0.6) is 0 Å². The quantitative estimate of drug-likeness (QED) is 0.749. The van der Waals surface area contributed by atoms with E-state index in [0.29, 0.717) is 6.04 Å². The molecule has 1 nitrogen and oxygen atoms in total. The number of halogens is 1. The molecular formula is C19H22BrN. The molecule has 0 bridgehead atoms. The molecule has 1 N–H and O–H groups in total. The molecule has 0 heterocycles. The van der Waals surface area contributed by atoms with Crippen molar-refractivity contribution in [3.05, 3.63) is 63.1 Å². The Hall–Kier alpha value is -1.28. The van der Waals surface area contributed by atoms with Crippen molar-refractivity contribution in [2.24, 2.45) is 0 Å². The van der Waals surface area contributed by atoms with Gasteiger partial charge in [0.05, 0.1) is 0 Å². The van der Waals surface area contributed by atoms with Crippen LogP contribution in [0.3, 0.4) is 0 Å². The Morgan fingerprint density at radius 1 is 1.00 bits per heavy atom. The number of benzene rings is 2. The highest BCUT2D eigenvalue weighted by Crippen LogP contribution is 2.39. The SMILES string of the molecule is Cc1cccc(C2CC(Nc3cc(C)c(Br)c(C)c3)C2)c1. The summed E-state index contributed by atoms with van der Waals surface area (Å²) in [5.74, 6) is 0.722. The molecule has 0 unspecified atom stereocenters. The van der Waals surface area contributed by atoms with Crippen LogP contribution in [0.15, 0.2) is 40.9 Å². The molecule has 2 aromatic rings. The van der Waals surface area contributed by atoms with Crippen molar-refractivity contribution in [2.45, 2.75) is 45.6 Å². The minimum atomic E-state index is 0.607. The van der Waals surface area contributed by atoms with Gasteiger partial charge in [-0.25, -0.2) is 0 Å². The molecule has 1 aliphatic carbocycles. The van der Waals surface area contributed by atoms with Gasteiger partial charge >= 0.3 is 0 Å². The second kappa shape index (κ2) is 5.84. The third-order valence-corrected chi connectivity index (χ3v) is 5.71. The van der Waals surface area contributed by atoms with Gasteiger partial charge in [0.2, 0.25) is 0 Å². The fourth-order valence-corrected chi connectivity index (χ4v) is 3.43. The highest BCUT2D eigenvalue weighted by molar-refractivity contribution is 9.10. The van der Waals surface area contributed by atoms with Crippen LogP contribution in [0, 0.1) is 20.8 Å². The van der Waals surface area contributed by atoms with Crippen molar-refractivity contribution < 1.29 is 0 Å². The van der Waals surface area contributed by atoms with E-state index in [1.807, 2.05) is 0 Å². The van der Waals surface area contributed by atoms with E-state index >= 15 is 0 Å². The van der Waals surface area contributed by atoms with Crippen molar-refractivity contribution in [1.82, 2.24) is 0 Å². The summed E-state index contributed by atoms with van der Waals surface area (Å²) in [6.45, 7) is 6.47. The van der Waals surface area contributed by atoms with E-state index in [1.54, 1.807) is 0 Å². The zero-order valence-corrected chi connectivity index (χ0v) is 14.5. The minimum Gasteiger partial charge on any atom is -0.382 e. The summed E-state index contributed by atoms with van der Waals surface area (Å²) in [6.07, 6.45) is 2.47. The molecule has 0 atom stereocenters. The smallest absolute Gasteiger partial charge is 0.0348 e. The third kappa shape index (κ3) is 3.16. The van der Waals surface area contributed by atoms with E-state index < -0.39 is 0 Å². The third-order valence-electron chi connectivity index (χ3n) is 4.46. The van der Waals surface area contributed by atoms with Crippen LogP contribution in [0.4, 0.5) is 5.69 Å². The summed E-state index contributed by atoms with van der Waals surface area (Å²) in [7, 11) is 0. The maximum Gasteiger partial charge on any atom is 0.0348 e. The topological polar surface area (TPSA) is 12.0 Å². The molecule has 0 radical (unpaired) electrons. The summed E-state index contributed by atoms with van der Waals surface area (Å²) < 4.78 is 1.22. The van der Waals surface area contributed by atoms with Gasteiger partial charge in [-0.1, -0.05) is 45.8 Å². The Morgan fingerprint density at radius 3 is 2.29 bits per heavy atom. The summed E-state index contributed by atoms with van der Waals surface area (Å²) in [5.41, 5.74) is 6.71. The van der Waals surface area contributed by atoms with Crippen LogP contribution < -0.4 is 5.32 Å². The van der Waals surface area contributed by atoms with Crippen molar-refractivity contribution in [3.63, 3.8) is 0 Å².